The van der Waals surface area contributed by atoms with Crippen LogP contribution in [0.5, 0.6) is 0 Å². The Hall–Kier alpha value is 0.439. The third kappa shape index (κ3) is 46.6. The average Bonchev–Trinajstić information content (AvgIpc) is 2.80. The SMILES string of the molecule is CC(C)CCCCCSCC(=O)O.CC(C)CCCCCSCC(=O)O.CCC[CH2][Sn]([CH3])([CH3])[CH2]CCC. The summed E-state index contributed by atoms with van der Waals surface area (Å²) in [4.78, 5) is 25.5. The van der Waals surface area contributed by atoms with E-state index in [1.165, 1.54) is 87.7 Å². The van der Waals surface area contributed by atoms with E-state index in [2.05, 4.69) is 51.4 Å². The van der Waals surface area contributed by atoms with E-state index < -0.39 is 30.3 Å². The molecule has 0 heterocycles. The number of carbonyl (C=O) groups is 2. The fraction of sp³-hybridized carbons (Fsp3) is 0.933. The van der Waals surface area contributed by atoms with Gasteiger partial charge >= 0.3 is 88.6 Å². The number of carboxylic acids is 2. The molecule has 0 aromatic heterocycles. The van der Waals surface area contributed by atoms with Crippen molar-refractivity contribution in [1.29, 1.82) is 0 Å². The van der Waals surface area contributed by atoms with Gasteiger partial charge in [0.05, 0.1) is 11.5 Å². The van der Waals surface area contributed by atoms with E-state index in [4.69, 9.17) is 10.2 Å². The van der Waals surface area contributed by atoms with Gasteiger partial charge < -0.3 is 10.2 Å². The first kappa shape index (κ1) is 41.9. The number of carboxylic acid groups (broad SMARTS) is 2. The van der Waals surface area contributed by atoms with Crippen LogP contribution >= 0.6 is 23.5 Å². The van der Waals surface area contributed by atoms with Crippen molar-refractivity contribution in [2.24, 2.45) is 11.8 Å². The van der Waals surface area contributed by atoms with Gasteiger partial charge in [0, 0.05) is 0 Å². The fourth-order valence-corrected chi connectivity index (χ4v) is 13.3. The standard InChI is InChI=1S/2C10H20O2S.2C4H9.2CH3.Sn/c2*1-9(2)6-4-3-5-7-13-8-10(11)12;2*1-3-4-2;;;/h2*9H,3-8H2,1-2H3,(H,11,12);2*1,3-4H2,2H3;2*1H3;. The molecule has 0 amide bonds. The van der Waals surface area contributed by atoms with Crippen molar-refractivity contribution in [3.8, 4) is 0 Å². The molecule has 2 N–H and O–H groups in total. The molecule has 0 atom stereocenters. The quantitative estimate of drug-likeness (QED) is 0.0882. The molecule has 4 nitrogen and oxygen atoms in total. The number of hydrogen-bond acceptors (Lipinski definition) is 4. The molecular weight excluding hydrogens is 607 g/mol. The molecule has 37 heavy (non-hydrogen) atoms. The summed E-state index contributed by atoms with van der Waals surface area (Å²) >= 11 is 1.61. The third-order valence-electron chi connectivity index (χ3n) is 6.01. The Bertz CT molecular complexity index is 458. The van der Waals surface area contributed by atoms with Crippen LogP contribution < -0.4 is 0 Å². The molecule has 0 saturated carbocycles. The third-order valence-corrected chi connectivity index (χ3v) is 17.8. The van der Waals surface area contributed by atoms with Gasteiger partial charge in [0.1, 0.15) is 0 Å². The molecule has 224 valence electrons. The molecule has 0 aliphatic carbocycles. The Morgan fingerprint density at radius 3 is 1.24 bits per heavy atom. The molecule has 0 radical (unpaired) electrons. The maximum atomic E-state index is 10.2. The van der Waals surface area contributed by atoms with Crippen molar-refractivity contribution in [3.05, 3.63) is 0 Å². The molecule has 7 heteroatoms. The molecule has 0 aliphatic rings. The topological polar surface area (TPSA) is 74.6 Å². The Kier molecular flexibility index (Phi) is 35.1. The number of rotatable bonds is 22. The monoisotopic (exact) mass is 672 g/mol. The molecule has 0 unspecified atom stereocenters. The summed E-state index contributed by atoms with van der Waals surface area (Å²) in [7, 11) is 0. The van der Waals surface area contributed by atoms with E-state index in [1.807, 2.05) is 0 Å². The van der Waals surface area contributed by atoms with E-state index in [-0.39, 0.29) is 11.5 Å². The zero-order valence-corrected chi connectivity index (χ0v) is 30.4. The second-order valence-electron chi connectivity index (χ2n) is 11.8. The van der Waals surface area contributed by atoms with Crippen molar-refractivity contribution in [1.82, 2.24) is 0 Å². The Labute approximate surface area is 244 Å². The van der Waals surface area contributed by atoms with E-state index in [0.29, 0.717) is 0 Å². The predicted octanol–water partition coefficient (Wildman–Crippen LogP) is 10.3. The summed E-state index contributed by atoms with van der Waals surface area (Å²) in [5, 5.41) is 16.7. The van der Waals surface area contributed by atoms with Gasteiger partial charge in [-0.15, -0.1) is 0 Å². The normalized spacial score (nSPS) is 11.1. The van der Waals surface area contributed by atoms with Gasteiger partial charge in [-0.05, 0) is 36.2 Å². The number of thioether (sulfide) groups is 2. The van der Waals surface area contributed by atoms with Gasteiger partial charge in [0.25, 0.3) is 0 Å². The maximum absolute atomic E-state index is 10.2. The Balaban J connectivity index is -0.000000471. The van der Waals surface area contributed by atoms with E-state index in [1.54, 1.807) is 8.87 Å². The zero-order valence-electron chi connectivity index (χ0n) is 25.9. The molecule has 0 fully saturated rings. The second kappa shape index (κ2) is 31.0. The number of hydrogen-bond donors (Lipinski definition) is 2. The van der Waals surface area contributed by atoms with Crippen molar-refractivity contribution in [2.75, 3.05) is 23.0 Å². The van der Waals surface area contributed by atoms with Crippen molar-refractivity contribution in [3.63, 3.8) is 0 Å². The van der Waals surface area contributed by atoms with Crippen LogP contribution in [0.4, 0.5) is 0 Å². The zero-order chi connectivity index (χ0) is 29.0. The summed E-state index contributed by atoms with van der Waals surface area (Å²) in [6, 6.07) is 0. The summed E-state index contributed by atoms with van der Waals surface area (Å²) in [5.74, 6) is 2.68. The molecule has 0 aromatic carbocycles. The van der Waals surface area contributed by atoms with E-state index in [9.17, 15) is 9.59 Å². The first-order valence-corrected chi connectivity index (χ1v) is 27.0. The van der Waals surface area contributed by atoms with Crippen LogP contribution in [0, 0.1) is 11.8 Å². The number of aliphatic carboxylic acids is 2. The van der Waals surface area contributed by atoms with Crippen molar-refractivity contribution < 1.29 is 19.8 Å². The van der Waals surface area contributed by atoms with Crippen LogP contribution in [0.1, 0.15) is 119 Å². The minimum atomic E-state index is -1.44. The van der Waals surface area contributed by atoms with E-state index in [0.717, 1.165) is 36.2 Å². The molecule has 0 spiro atoms. The first-order chi connectivity index (χ1) is 17.4. The van der Waals surface area contributed by atoms with Gasteiger partial charge in [-0.3, -0.25) is 9.59 Å². The summed E-state index contributed by atoms with van der Waals surface area (Å²) in [6.45, 7) is 13.6. The van der Waals surface area contributed by atoms with Gasteiger partial charge in [0.2, 0.25) is 0 Å². The molecular formula is C30H64O4S2Sn. The number of unbranched alkanes of at least 4 members (excludes halogenated alkanes) is 6. The predicted molar refractivity (Wildman–Crippen MR) is 173 cm³/mol. The van der Waals surface area contributed by atoms with Crippen molar-refractivity contribution >= 4 is 53.8 Å². The molecule has 0 bridgehead atoms. The van der Waals surface area contributed by atoms with Crippen molar-refractivity contribution in [2.45, 2.75) is 137 Å². The average molecular weight is 672 g/mol. The molecule has 0 rings (SSSR count). The second-order valence-corrected chi connectivity index (χ2v) is 29.2. The van der Waals surface area contributed by atoms with Crippen LogP contribution in [-0.2, 0) is 9.59 Å². The molecule has 0 saturated heterocycles. The molecule has 0 aliphatic heterocycles. The van der Waals surface area contributed by atoms with Crippen LogP contribution in [0.15, 0.2) is 0 Å². The van der Waals surface area contributed by atoms with Gasteiger partial charge in [0.15, 0.2) is 0 Å². The summed E-state index contributed by atoms with van der Waals surface area (Å²) in [5.41, 5.74) is 0. The van der Waals surface area contributed by atoms with Crippen LogP contribution in [0.2, 0.25) is 18.8 Å². The Morgan fingerprint density at radius 1 is 0.622 bits per heavy atom. The molecule has 0 aromatic rings. The van der Waals surface area contributed by atoms with Gasteiger partial charge in [-0.25, -0.2) is 0 Å². The van der Waals surface area contributed by atoms with Crippen LogP contribution in [0.25, 0.3) is 0 Å². The van der Waals surface area contributed by atoms with Crippen LogP contribution in [-0.4, -0.2) is 63.5 Å². The summed E-state index contributed by atoms with van der Waals surface area (Å²) < 4.78 is 3.23. The van der Waals surface area contributed by atoms with E-state index >= 15 is 0 Å². The summed E-state index contributed by atoms with van der Waals surface area (Å²) in [6.07, 6.45) is 15.7. The van der Waals surface area contributed by atoms with Gasteiger partial charge in [-0.1, -0.05) is 66.2 Å². The van der Waals surface area contributed by atoms with Gasteiger partial charge in [-0.2, -0.15) is 23.5 Å². The minimum absolute atomic E-state index is 0.254. The first-order valence-electron chi connectivity index (χ1n) is 15.0. The Morgan fingerprint density at radius 2 is 0.973 bits per heavy atom. The fourth-order valence-electron chi connectivity index (χ4n) is 3.62. The van der Waals surface area contributed by atoms with Crippen LogP contribution in [0.3, 0.4) is 0 Å².